The number of morpholine rings is 1. The number of para-hydroxylation sites is 1. The van der Waals surface area contributed by atoms with Gasteiger partial charge in [0.05, 0.1) is 19.0 Å². The van der Waals surface area contributed by atoms with Gasteiger partial charge in [-0.3, -0.25) is 9.69 Å². The quantitative estimate of drug-likeness (QED) is 0.752. The maximum absolute atomic E-state index is 13.1. The minimum atomic E-state index is -3.32. The molecule has 0 bridgehead atoms. The number of hydrogen-bond donors (Lipinski definition) is 1. The molecule has 4 rings (SSSR count). The third-order valence-electron chi connectivity index (χ3n) is 6.36. The summed E-state index contributed by atoms with van der Waals surface area (Å²) in [5.41, 5.74) is 0.900. The first-order valence-electron chi connectivity index (χ1n) is 10.7. The van der Waals surface area contributed by atoms with Gasteiger partial charge in [0, 0.05) is 42.4 Å². The number of amides is 1. The summed E-state index contributed by atoms with van der Waals surface area (Å²) in [5, 5.41) is 3.76. The highest BCUT2D eigenvalue weighted by Gasteiger charge is 2.39. The van der Waals surface area contributed by atoms with E-state index in [-0.39, 0.29) is 23.0 Å². The molecule has 0 radical (unpaired) electrons. The summed E-state index contributed by atoms with van der Waals surface area (Å²) < 4.78 is 35.3. The van der Waals surface area contributed by atoms with Crippen molar-refractivity contribution in [3.8, 4) is 0 Å². The Kier molecular flexibility index (Phi) is 6.18. The second-order valence-electron chi connectivity index (χ2n) is 8.54. The van der Waals surface area contributed by atoms with Crippen LogP contribution >= 0.6 is 0 Å². The first-order valence-corrected chi connectivity index (χ1v) is 12.7. The Labute approximate surface area is 177 Å². The van der Waals surface area contributed by atoms with Crippen LogP contribution in [0.5, 0.6) is 0 Å². The molecule has 2 heterocycles. The first-order chi connectivity index (χ1) is 14.4. The van der Waals surface area contributed by atoms with Crippen LogP contribution in [0, 0.1) is 0 Å². The van der Waals surface area contributed by atoms with Crippen molar-refractivity contribution < 1.29 is 22.4 Å². The van der Waals surface area contributed by atoms with Crippen molar-refractivity contribution in [2.24, 2.45) is 0 Å². The van der Waals surface area contributed by atoms with E-state index in [9.17, 15) is 13.2 Å². The molecule has 30 heavy (non-hydrogen) atoms. The number of carbonyl (C=O) groups is 1. The molecule has 0 unspecified atom stereocenters. The van der Waals surface area contributed by atoms with E-state index in [0.717, 1.165) is 52.0 Å². The molecule has 1 saturated carbocycles. The number of nitrogens with zero attached hydrogens (tertiary/aromatic N) is 1. The van der Waals surface area contributed by atoms with Crippen LogP contribution in [-0.2, 0) is 20.3 Å². The van der Waals surface area contributed by atoms with Gasteiger partial charge in [-0.05, 0) is 18.9 Å². The number of ether oxygens (including phenoxy) is 1. The SMILES string of the molecule is CS(=O)(=O)Cc1c(C(=O)NCC2(N3CCOCC3)CCCCC2)oc2ccccc12. The fraction of sp³-hybridized carbons (Fsp3) is 0.591. The molecule has 0 spiro atoms. The molecule has 2 aliphatic rings. The molecule has 1 saturated heterocycles. The summed E-state index contributed by atoms with van der Waals surface area (Å²) in [6.45, 7) is 3.72. The largest absolute Gasteiger partial charge is 0.451 e. The number of sulfone groups is 1. The second kappa shape index (κ2) is 8.69. The Morgan fingerprint density at radius 3 is 2.53 bits per heavy atom. The van der Waals surface area contributed by atoms with E-state index in [2.05, 4.69) is 10.2 Å². The minimum Gasteiger partial charge on any atom is -0.451 e. The number of rotatable bonds is 6. The normalized spacial score (nSPS) is 20.3. The Morgan fingerprint density at radius 2 is 1.83 bits per heavy atom. The van der Waals surface area contributed by atoms with Crippen molar-refractivity contribution in [1.82, 2.24) is 10.2 Å². The lowest BCUT2D eigenvalue weighted by molar-refractivity contribution is -0.0362. The van der Waals surface area contributed by atoms with Crippen molar-refractivity contribution in [3.05, 3.63) is 35.6 Å². The van der Waals surface area contributed by atoms with Crippen LogP contribution in [0.15, 0.2) is 28.7 Å². The summed E-state index contributed by atoms with van der Waals surface area (Å²) in [5.74, 6) is -0.459. The van der Waals surface area contributed by atoms with Crippen LogP contribution in [-0.4, -0.2) is 63.9 Å². The monoisotopic (exact) mass is 434 g/mol. The smallest absolute Gasteiger partial charge is 0.287 e. The maximum Gasteiger partial charge on any atom is 0.287 e. The minimum absolute atomic E-state index is 0.0687. The maximum atomic E-state index is 13.1. The van der Waals surface area contributed by atoms with Crippen LogP contribution in [0.3, 0.4) is 0 Å². The van der Waals surface area contributed by atoms with E-state index in [4.69, 9.17) is 9.15 Å². The average Bonchev–Trinajstić information content (AvgIpc) is 3.10. The zero-order chi connectivity index (χ0) is 21.2. The molecule has 2 aromatic rings. The Morgan fingerprint density at radius 1 is 1.13 bits per heavy atom. The zero-order valence-electron chi connectivity index (χ0n) is 17.5. The molecule has 8 heteroatoms. The topological polar surface area (TPSA) is 88.9 Å². The molecule has 2 fully saturated rings. The van der Waals surface area contributed by atoms with Crippen LogP contribution in [0.1, 0.15) is 48.2 Å². The fourth-order valence-corrected chi connectivity index (χ4v) is 5.68. The summed E-state index contributed by atoms with van der Waals surface area (Å²) in [6.07, 6.45) is 6.79. The fourth-order valence-electron chi connectivity index (χ4n) is 4.87. The highest BCUT2D eigenvalue weighted by Crippen LogP contribution is 2.34. The van der Waals surface area contributed by atoms with Gasteiger partial charge in [-0.2, -0.15) is 0 Å². The molecule has 7 nitrogen and oxygen atoms in total. The van der Waals surface area contributed by atoms with Crippen molar-refractivity contribution >= 4 is 26.7 Å². The Hall–Kier alpha value is -1.90. The molecule has 164 valence electrons. The molecule has 1 aromatic heterocycles. The number of furan rings is 1. The number of fused-ring (bicyclic) bond motifs is 1. The zero-order valence-corrected chi connectivity index (χ0v) is 18.3. The van der Waals surface area contributed by atoms with Crippen LogP contribution in [0.4, 0.5) is 0 Å². The highest BCUT2D eigenvalue weighted by molar-refractivity contribution is 7.89. The van der Waals surface area contributed by atoms with Crippen LogP contribution < -0.4 is 5.32 Å². The highest BCUT2D eigenvalue weighted by atomic mass is 32.2. The van der Waals surface area contributed by atoms with Gasteiger partial charge >= 0.3 is 0 Å². The second-order valence-corrected chi connectivity index (χ2v) is 10.7. The third-order valence-corrected chi connectivity index (χ3v) is 7.17. The molecular formula is C22H30N2O5S. The van der Waals surface area contributed by atoms with E-state index in [1.165, 1.54) is 12.7 Å². The molecule has 1 N–H and O–H groups in total. The third kappa shape index (κ3) is 4.55. The van der Waals surface area contributed by atoms with Gasteiger partial charge in [0.25, 0.3) is 5.91 Å². The molecule has 1 aliphatic heterocycles. The molecule has 1 aromatic carbocycles. The molecular weight excluding hydrogens is 404 g/mol. The number of benzene rings is 1. The van der Waals surface area contributed by atoms with Gasteiger partial charge in [-0.1, -0.05) is 37.5 Å². The molecule has 1 amide bonds. The summed E-state index contributed by atoms with van der Waals surface area (Å²) in [4.78, 5) is 15.6. The lowest BCUT2D eigenvalue weighted by Crippen LogP contribution is -2.59. The van der Waals surface area contributed by atoms with Crippen molar-refractivity contribution in [3.63, 3.8) is 0 Å². The summed E-state index contributed by atoms with van der Waals surface area (Å²) in [6, 6.07) is 7.19. The summed E-state index contributed by atoms with van der Waals surface area (Å²) >= 11 is 0. The lowest BCUT2D eigenvalue weighted by Gasteiger charge is -2.48. The Bertz CT molecular complexity index is 1000. The van der Waals surface area contributed by atoms with E-state index < -0.39 is 9.84 Å². The van der Waals surface area contributed by atoms with E-state index in [1.807, 2.05) is 12.1 Å². The van der Waals surface area contributed by atoms with Crippen molar-refractivity contribution in [1.29, 1.82) is 0 Å². The number of hydrogen-bond acceptors (Lipinski definition) is 6. The average molecular weight is 435 g/mol. The van der Waals surface area contributed by atoms with Crippen LogP contribution in [0.25, 0.3) is 11.0 Å². The summed E-state index contributed by atoms with van der Waals surface area (Å²) in [7, 11) is -3.32. The van der Waals surface area contributed by atoms with Gasteiger partial charge in [0.1, 0.15) is 5.58 Å². The Balaban J connectivity index is 1.58. The van der Waals surface area contributed by atoms with Gasteiger partial charge in [0.15, 0.2) is 15.6 Å². The van der Waals surface area contributed by atoms with E-state index in [1.54, 1.807) is 12.1 Å². The molecule has 1 aliphatic carbocycles. The van der Waals surface area contributed by atoms with Gasteiger partial charge in [-0.15, -0.1) is 0 Å². The standard InChI is InChI=1S/C22H30N2O5S/c1-30(26,27)15-18-17-7-3-4-8-19(17)29-20(18)21(25)23-16-22(9-5-2-6-10-22)24-11-13-28-14-12-24/h3-4,7-8H,2,5-6,9-16H2,1H3,(H,23,25). The lowest BCUT2D eigenvalue weighted by atomic mass is 9.79. The first kappa shape index (κ1) is 21.3. The van der Waals surface area contributed by atoms with Crippen LogP contribution in [0.2, 0.25) is 0 Å². The molecule has 0 atom stereocenters. The predicted molar refractivity (Wildman–Crippen MR) is 115 cm³/mol. The van der Waals surface area contributed by atoms with Crippen molar-refractivity contribution in [2.75, 3.05) is 39.1 Å². The predicted octanol–water partition coefficient (Wildman–Crippen LogP) is 2.74. The number of nitrogens with one attached hydrogen (secondary N) is 1. The van der Waals surface area contributed by atoms with E-state index >= 15 is 0 Å². The van der Waals surface area contributed by atoms with E-state index in [0.29, 0.717) is 23.1 Å². The van der Waals surface area contributed by atoms with Gasteiger partial charge in [-0.25, -0.2) is 8.42 Å². The van der Waals surface area contributed by atoms with Gasteiger partial charge < -0.3 is 14.5 Å². The van der Waals surface area contributed by atoms with Gasteiger partial charge in [0.2, 0.25) is 0 Å². The van der Waals surface area contributed by atoms with Crippen molar-refractivity contribution in [2.45, 2.75) is 43.4 Å². The number of carbonyl (C=O) groups excluding carboxylic acids is 1.